The number of nitrogens with one attached hydrogen (secondary N) is 1. The minimum atomic E-state index is -0.355. The summed E-state index contributed by atoms with van der Waals surface area (Å²) in [5, 5.41) is 26.3. The zero-order valence-corrected chi connectivity index (χ0v) is 22.9. The summed E-state index contributed by atoms with van der Waals surface area (Å²) in [5.74, 6) is 0.515. The first-order valence-electron chi connectivity index (χ1n) is 13.8. The number of hydrogen-bond donors (Lipinski definition) is 1. The Morgan fingerprint density at radius 1 is 1.12 bits per heavy atom. The van der Waals surface area contributed by atoms with E-state index in [4.69, 9.17) is 4.98 Å². The molecule has 2 aliphatic heterocycles. The Morgan fingerprint density at radius 3 is 2.67 bits per heavy atom. The molecule has 6 heterocycles. The second-order valence-electron chi connectivity index (χ2n) is 10.5. The Morgan fingerprint density at radius 2 is 1.95 bits per heavy atom. The Hall–Kier alpha value is -4.44. The van der Waals surface area contributed by atoms with Crippen molar-refractivity contribution in [3.8, 4) is 6.07 Å². The molecule has 40 heavy (non-hydrogen) atoms. The highest BCUT2D eigenvalue weighted by atomic mass is 16.2. The molecule has 0 aromatic carbocycles. The van der Waals surface area contributed by atoms with Crippen LogP contribution in [0.25, 0.3) is 5.65 Å². The van der Waals surface area contributed by atoms with Crippen molar-refractivity contribution in [3.63, 3.8) is 0 Å². The van der Waals surface area contributed by atoms with Gasteiger partial charge in [-0.2, -0.15) is 20.4 Å². The summed E-state index contributed by atoms with van der Waals surface area (Å²) in [4.78, 5) is 24.0. The molecule has 6 rings (SSSR count). The quantitative estimate of drug-likeness (QED) is 0.336. The van der Waals surface area contributed by atoms with Gasteiger partial charge in [0.25, 0.3) is 0 Å². The molecule has 4 aromatic heterocycles. The number of hydrogen-bond acceptors (Lipinski definition) is 9. The molecule has 1 N–H and O–H groups in total. The molecular formula is C27H34N12O. The second kappa shape index (κ2) is 10.6. The lowest BCUT2D eigenvalue weighted by atomic mass is 9.86. The minimum Gasteiger partial charge on any atom is -0.363 e. The monoisotopic (exact) mass is 542 g/mol. The SMILES string of the molecule is CCc1cnn(C2(CC#N)CN(c3cccn4nc(Nc5cnn(CC(=O)N6CCN(CC)CC6)c5)nc34)C2)c1. The lowest BCUT2D eigenvalue weighted by molar-refractivity contribution is -0.133. The zero-order valence-electron chi connectivity index (χ0n) is 22.9. The highest BCUT2D eigenvalue weighted by Crippen LogP contribution is 2.37. The number of pyridine rings is 1. The van der Waals surface area contributed by atoms with Gasteiger partial charge < -0.3 is 20.0 Å². The number of nitriles is 1. The van der Waals surface area contributed by atoms with E-state index in [0.717, 1.165) is 56.0 Å². The number of aryl methyl sites for hydroxylation is 1. The Labute approximate surface area is 232 Å². The molecule has 0 bridgehead atoms. The molecule has 0 atom stereocenters. The third kappa shape index (κ3) is 4.86. The van der Waals surface area contributed by atoms with Crippen LogP contribution in [0.15, 0.2) is 43.1 Å². The van der Waals surface area contributed by atoms with Gasteiger partial charge in [0.1, 0.15) is 12.1 Å². The fourth-order valence-corrected chi connectivity index (χ4v) is 5.51. The van der Waals surface area contributed by atoms with Crippen molar-refractivity contribution in [2.45, 2.75) is 38.8 Å². The van der Waals surface area contributed by atoms with Gasteiger partial charge in [-0.15, -0.1) is 5.10 Å². The van der Waals surface area contributed by atoms with Crippen LogP contribution in [0, 0.1) is 11.3 Å². The van der Waals surface area contributed by atoms with Crippen LogP contribution in [0.4, 0.5) is 17.3 Å². The van der Waals surface area contributed by atoms with E-state index >= 15 is 0 Å². The summed E-state index contributed by atoms with van der Waals surface area (Å²) in [7, 11) is 0. The number of amides is 1. The summed E-state index contributed by atoms with van der Waals surface area (Å²) in [6.45, 7) is 10.1. The highest BCUT2D eigenvalue weighted by Gasteiger charge is 2.46. The fraction of sp³-hybridized carbons (Fsp3) is 0.481. The first kappa shape index (κ1) is 25.8. The number of aromatic nitrogens is 7. The molecular weight excluding hydrogens is 508 g/mol. The Bertz CT molecular complexity index is 1530. The van der Waals surface area contributed by atoms with Crippen LogP contribution in [0.3, 0.4) is 0 Å². The zero-order chi connectivity index (χ0) is 27.7. The molecule has 0 saturated carbocycles. The van der Waals surface area contributed by atoms with Crippen molar-refractivity contribution < 1.29 is 4.79 Å². The van der Waals surface area contributed by atoms with Gasteiger partial charge >= 0.3 is 0 Å². The minimum absolute atomic E-state index is 0.0731. The van der Waals surface area contributed by atoms with Crippen LogP contribution in [-0.2, 0) is 23.3 Å². The molecule has 13 heteroatoms. The van der Waals surface area contributed by atoms with Gasteiger partial charge in [-0.05, 0) is 30.7 Å². The number of anilines is 3. The summed E-state index contributed by atoms with van der Waals surface area (Å²) < 4.78 is 5.34. The molecule has 2 fully saturated rings. The number of carbonyl (C=O) groups is 1. The van der Waals surface area contributed by atoms with E-state index in [1.807, 2.05) is 34.1 Å². The number of rotatable bonds is 9. The van der Waals surface area contributed by atoms with Gasteiger partial charge in [-0.1, -0.05) is 13.8 Å². The number of fused-ring (bicyclic) bond motifs is 1. The van der Waals surface area contributed by atoms with Crippen LogP contribution in [-0.4, -0.2) is 95.7 Å². The van der Waals surface area contributed by atoms with Crippen molar-refractivity contribution in [3.05, 3.63) is 48.7 Å². The number of nitrogens with zero attached hydrogens (tertiary/aromatic N) is 11. The van der Waals surface area contributed by atoms with Crippen LogP contribution in [0.2, 0.25) is 0 Å². The third-order valence-corrected chi connectivity index (χ3v) is 7.95. The van der Waals surface area contributed by atoms with Crippen LogP contribution < -0.4 is 10.2 Å². The molecule has 0 unspecified atom stereocenters. The first-order chi connectivity index (χ1) is 19.5. The maximum atomic E-state index is 12.7. The van der Waals surface area contributed by atoms with E-state index < -0.39 is 0 Å². The third-order valence-electron chi connectivity index (χ3n) is 7.95. The Kier molecular flexibility index (Phi) is 6.85. The maximum Gasteiger partial charge on any atom is 0.247 e. The topological polar surface area (TPSA) is 128 Å². The highest BCUT2D eigenvalue weighted by molar-refractivity contribution is 5.76. The van der Waals surface area contributed by atoms with E-state index in [9.17, 15) is 10.1 Å². The molecule has 0 radical (unpaired) electrons. The summed E-state index contributed by atoms with van der Waals surface area (Å²) in [5.41, 5.74) is 3.19. The van der Waals surface area contributed by atoms with Crippen molar-refractivity contribution in [2.24, 2.45) is 0 Å². The van der Waals surface area contributed by atoms with E-state index in [-0.39, 0.29) is 18.0 Å². The van der Waals surface area contributed by atoms with Crippen LogP contribution in [0.5, 0.6) is 0 Å². The van der Waals surface area contributed by atoms with Gasteiger partial charge in [0.2, 0.25) is 11.9 Å². The number of likely N-dealkylation sites (N-methyl/N-ethyl adjacent to an activating group) is 1. The van der Waals surface area contributed by atoms with Crippen LogP contribution in [0.1, 0.15) is 25.8 Å². The van der Waals surface area contributed by atoms with Crippen LogP contribution >= 0.6 is 0 Å². The standard InChI is InChI=1S/C27H34N12O/c1-3-21-14-30-39(16-21)27(7-8-28)19-36(20-27)23-6-5-9-38-25(23)32-26(33-38)31-22-15-29-37(17-22)18-24(40)35-12-10-34(4-2)11-13-35/h5-6,9,14-17H,3-4,7,10-13,18-20H2,1-2H3,(H,31,33). The normalized spacial score (nSPS) is 17.1. The van der Waals surface area contributed by atoms with Crippen molar-refractivity contribution in [1.29, 1.82) is 5.26 Å². The molecule has 0 aliphatic carbocycles. The Balaban J connectivity index is 1.12. The van der Waals surface area contributed by atoms with Crippen molar-refractivity contribution in [2.75, 3.05) is 56.0 Å². The number of piperazine rings is 1. The first-order valence-corrected chi connectivity index (χ1v) is 13.8. The van der Waals surface area contributed by atoms with E-state index in [0.29, 0.717) is 31.1 Å². The van der Waals surface area contributed by atoms with E-state index in [2.05, 4.69) is 56.5 Å². The summed E-state index contributed by atoms with van der Waals surface area (Å²) in [6.07, 6.45) is 10.6. The predicted molar refractivity (Wildman–Crippen MR) is 149 cm³/mol. The van der Waals surface area contributed by atoms with Crippen molar-refractivity contribution >= 4 is 28.9 Å². The number of carbonyl (C=O) groups excluding carboxylic acids is 1. The molecule has 208 valence electrons. The lowest BCUT2D eigenvalue weighted by Crippen LogP contribution is -2.63. The lowest BCUT2D eigenvalue weighted by Gasteiger charge is -2.50. The molecule has 4 aromatic rings. The molecule has 2 saturated heterocycles. The van der Waals surface area contributed by atoms with Crippen molar-refractivity contribution in [1.82, 2.24) is 44.0 Å². The summed E-state index contributed by atoms with van der Waals surface area (Å²) in [6, 6.07) is 6.31. The van der Waals surface area contributed by atoms with Gasteiger partial charge in [-0.3, -0.25) is 14.2 Å². The molecule has 0 spiro atoms. The summed E-state index contributed by atoms with van der Waals surface area (Å²) >= 11 is 0. The largest absolute Gasteiger partial charge is 0.363 e. The van der Waals surface area contributed by atoms with E-state index in [1.54, 1.807) is 21.6 Å². The molecule has 1 amide bonds. The second-order valence-corrected chi connectivity index (χ2v) is 10.5. The van der Waals surface area contributed by atoms with E-state index in [1.165, 1.54) is 0 Å². The van der Waals surface area contributed by atoms with Gasteiger partial charge in [-0.25, -0.2) is 4.52 Å². The average molecular weight is 543 g/mol. The maximum absolute atomic E-state index is 12.7. The van der Waals surface area contributed by atoms with Gasteiger partial charge in [0, 0.05) is 57.9 Å². The van der Waals surface area contributed by atoms with Gasteiger partial charge in [0.15, 0.2) is 5.65 Å². The average Bonchev–Trinajstić information content (AvgIpc) is 3.70. The fourth-order valence-electron chi connectivity index (χ4n) is 5.51. The molecule has 2 aliphatic rings. The van der Waals surface area contributed by atoms with Gasteiger partial charge in [0.05, 0.1) is 36.3 Å². The predicted octanol–water partition coefficient (Wildman–Crippen LogP) is 1.72. The smallest absolute Gasteiger partial charge is 0.247 e. The molecule has 13 nitrogen and oxygen atoms in total.